The van der Waals surface area contributed by atoms with E-state index in [-0.39, 0.29) is 0 Å². The fraction of sp³-hybridized carbons (Fsp3) is 0.250. The molecule has 0 spiro atoms. The molecule has 7 heavy (non-hydrogen) atoms. The predicted octanol–water partition coefficient (Wildman–Crippen LogP) is -0.759. The van der Waals surface area contributed by atoms with E-state index in [0.717, 1.165) is 11.4 Å². The molecule has 0 radical (unpaired) electrons. The Balaban J connectivity index is 3.04. The van der Waals surface area contributed by atoms with Crippen LogP contribution >= 0.6 is 0 Å². The van der Waals surface area contributed by atoms with Crippen molar-refractivity contribution in [1.29, 1.82) is 0 Å². The third kappa shape index (κ3) is 0.826. The van der Waals surface area contributed by atoms with Gasteiger partial charge in [0, 0.05) is 5.59 Å². The van der Waals surface area contributed by atoms with E-state index in [1.165, 1.54) is 0 Å². The maximum atomic E-state index is 4.71. The van der Waals surface area contributed by atoms with Crippen molar-refractivity contribution in [2.24, 2.45) is 0 Å². The van der Waals surface area contributed by atoms with Gasteiger partial charge in [-0.1, -0.05) is 5.16 Å². The molecule has 0 aliphatic rings. The van der Waals surface area contributed by atoms with Crippen LogP contribution in [0.3, 0.4) is 0 Å². The molecule has 0 atom stereocenters. The molecule has 3 heteroatoms. The lowest BCUT2D eigenvalue weighted by atomic mass is 10.1. The number of hydrogen-bond donors (Lipinski definition) is 0. The molecule has 0 saturated heterocycles. The summed E-state index contributed by atoms with van der Waals surface area (Å²) in [5.41, 5.74) is 0.942. The Morgan fingerprint density at radius 3 is 2.71 bits per heavy atom. The quantitative estimate of drug-likeness (QED) is 0.396. The zero-order valence-electron chi connectivity index (χ0n) is 4.43. The van der Waals surface area contributed by atoms with Gasteiger partial charge in [0.05, 0.1) is 0 Å². The summed E-state index contributed by atoms with van der Waals surface area (Å²) in [6, 6.07) is 1.89. The molecule has 0 aromatic carbocycles. The standard InChI is InChI=1S/C4H6BNO/c1-3-2-4(5)6-7-3/h2H,5H2,1H3. The van der Waals surface area contributed by atoms with Crippen LogP contribution in [0.15, 0.2) is 10.6 Å². The van der Waals surface area contributed by atoms with Gasteiger partial charge in [-0.2, -0.15) is 0 Å². The van der Waals surface area contributed by atoms with Gasteiger partial charge in [-0.15, -0.1) is 0 Å². The van der Waals surface area contributed by atoms with E-state index < -0.39 is 0 Å². The van der Waals surface area contributed by atoms with Gasteiger partial charge in [0.1, 0.15) is 5.76 Å². The summed E-state index contributed by atoms with van der Waals surface area (Å²) in [6.45, 7) is 1.88. The highest BCUT2D eigenvalue weighted by Gasteiger charge is 1.88. The lowest BCUT2D eigenvalue weighted by Gasteiger charge is -1.65. The first-order chi connectivity index (χ1) is 3.29. The predicted molar refractivity (Wildman–Crippen MR) is 29.4 cm³/mol. The Labute approximate surface area is 42.9 Å². The molecule has 0 amide bonds. The van der Waals surface area contributed by atoms with Crippen LogP contribution in [0.4, 0.5) is 0 Å². The minimum atomic E-state index is 0.873. The zero-order chi connectivity index (χ0) is 5.28. The van der Waals surface area contributed by atoms with Crippen molar-refractivity contribution in [3.05, 3.63) is 11.8 Å². The van der Waals surface area contributed by atoms with Crippen LogP contribution in [0.2, 0.25) is 0 Å². The monoisotopic (exact) mass is 95.1 g/mol. The molecule has 0 aliphatic heterocycles. The van der Waals surface area contributed by atoms with E-state index in [4.69, 9.17) is 4.52 Å². The fourth-order valence-corrected chi connectivity index (χ4v) is 0.491. The van der Waals surface area contributed by atoms with Crippen LogP contribution < -0.4 is 5.59 Å². The van der Waals surface area contributed by atoms with Gasteiger partial charge in [0.15, 0.2) is 7.85 Å². The fourth-order valence-electron chi connectivity index (χ4n) is 0.491. The van der Waals surface area contributed by atoms with E-state index in [1.54, 1.807) is 0 Å². The second kappa shape index (κ2) is 1.41. The summed E-state index contributed by atoms with van der Waals surface area (Å²) >= 11 is 0. The molecule has 0 unspecified atom stereocenters. The highest BCUT2D eigenvalue weighted by Crippen LogP contribution is 1.86. The van der Waals surface area contributed by atoms with Crippen LogP contribution in [0.5, 0.6) is 0 Å². The topological polar surface area (TPSA) is 26.0 Å². The highest BCUT2D eigenvalue weighted by atomic mass is 16.5. The molecule has 1 aromatic rings. The van der Waals surface area contributed by atoms with Gasteiger partial charge in [0.2, 0.25) is 0 Å². The third-order valence-electron chi connectivity index (χ3n) is 0.746. The Morgan fingerprint density at radius 2 is 2.57 bits per heavy atom. The van der Waals surface area contributed by atoms with Gasteiger partial charge < -0.3 is 4.52 Å². The summed E-state index contributed by atoms with van der Waals surface area (Å²) < 4.78 is 4.71. The van der Waals surface area contributed by atoms with Gasteiger partial charge in [-0.3, -0.25) is 0 Å². The zero-order valence-corrected chi connectivity index (χ0v) is 4.43. The molecular weight excluding hydrogens is 88.9 g/mol. The molecule has 1 heterocycles. The summed E-state index contributed by atoms with van der Waals surface area (Å²) in [7, 11) is 1.90. The average Bonchev–Trinajstić information content (AvgIpc) is 1.87. The second-order valence-corrected chi connectivity index (χ2v) is 1.58. The highest BCUT2D eigenvalue weighted by molar-refractivity contribution is 6.30. The Kier molecular flexibility index (Phi) is 0.892. The molecule has 0 bridgehead atoms. The maximum absolute atomic E-state index is 4.71. The minimum Gasteiger partial charge on any atom is -0.362 e. The normalized spacial score (nSPS) is 9.29. The lowest BCUT2D eigenvalue weighted by molar-refractivity contribution is 0.402. The van der Waals surface area contributed by atoms with Crippen molar-refractivity contribution in [3.8, 4) is 0 Å². The Morgan fingerprint density at radius 1 is 1.86 bits per heavy atom. The van der Waals surface area contributed by atoms with Crippen LogP contribution in [-0.2, 0) is 0 Å². The first-order valence-electron chi connectivity index (χ1n) is 2.19. The van der Waals surface area contributed by atoms with E-state index in [1.807, 2.05) is 20.8 Å². The Bertz CT molecular complexity index is 144. The molecule has 2 nitrogen and oxygen atoms in total. The Hall–Kier alpha value is -0.725. The number of rotatable bonds is 0. The third-order valence-corrected chi connectivity index (χ3v) is 0.746. The van der Waals surface area contributed by atoms with Crippen LogP contribution in [-0.4, -0.2) is 13.0 Å². The van der Waals surface area contributed by atoms with Gasteiger partial charge in [0.25, 0.3) is 0 Å². The van der Waals surface area contributed by atoms with Crippen LogP contribution in [0.1, 0.15) is 5.76 Å². The number of aryl methyl sites for hydroxylation is 1. The number of nitrogens with zero attached hydrogens (tertiary/aromatic N) is 1. The summed E-state index contributed by atoms with van der Waals surface area (Å²) in [5.74, 6) is 0.873. The van der Waals surface area contributed by atoms with Crippen molar-refractivity contribution in [3.63, 3.8) is 0 Å². The van der Waals surface area contributed by atoms with Crippen molar-refractivity contribution in [2.45, 2.75) is 6.92 Å². The van der Waals surface area contributed by atoms with Crippen LogP contribution in [0.25, 0.3) is 0 Å². The molecule has 1 aromatic heterocycles. The number of hydrogen-bond acceptors (Lipinski definition) is 2. The van der Waals surface area contributed by atoms with Crippen molar-refractivity contribution >= 4 is 13.4 Å². The lowest BCUT2D eigenvalue weighted by Crippen LogP contribution is -1.99. The van der Waals surface area contributed by atoms with Gasteiger partial charge >= 0.3 is 0 Å². The molecule has 0 saturated carbocycles. The van der Waals surface area contributed by atoms with E-state index >= 15 is 0 Å². The molecule has 0 aliphatic carbocycles. The molecule has 36 valence electrons. The first kappa shape index (κ1) is 4.43. The smallest absolute Gasteiger partial charge is 0.168 e. The summed E-state index contributed by atoms with van der Waals surface area (Å²) in [5, 5.41) is 3.64. The minimum absolute atomic E-state index is 0.873. The van der Waals surface area contributed by atoms with Crippen molar-refractivity contribution in [1.82, 2.24) is 5.16 Å². The maximum Gasteiger partial charge on any atom is 0.168 e. The molecule has 0 fully saturated rings. The van der Waals surface area contributed by atoms with Crippen molar-refractivity contribution < 1.29 is 4.52 Å². The largest absolute Gasteiger partial charge is 0.362 e. The average molecular weight is 94.9 g/mol. The second-order valence-electron chi connectivity index (χ2n) is 1.58. The number of aromatic nitrogens is 1. The summed E-state index contributed by atoms with van der Waals surface area (Å²) in [6.07, 6.45) is 0. The summed E-state index contributed by atoms with van der Waals surface area (Å²) in [4.78, 5) is 0. The first-order valence-corrected chi connectivity index (χ1v) is 2.19. The van der Waals surface area contributed by atoms with E-state index in [2.05, 4.69) is 5.16 Å². The van der Waals surface area contributed by atoms with Crippen molar-refractivity contribution in [2.75, 3.05) is 0 Å². The molecule has 0 N–H and O–H groups in total. The molecule has 1 rings (SSSR count). The SMILES string of the molecule is Bc1cc(C)on1. The van der Waals surface area contributed by atoms with E-state index in [9.17, 15) is 0 Å². The van der Waals surface area contributed by atoms with Gasteiger partial charge in [-0.25, -0.2) is 0 Å². The van der Waals surface area contributed by atoms with Gasteiger partial charge in [-0.05, 0) is 13.0 Å². The van der Waals surface area contributed by atoms with Crippen LogP contribution in [0, 0.1) is 6.92 Å². The molecular formula is C4H6BNO. The van der Waals surface area contributed by atoms with E-state index in [0.29, 0.717) is 0 Å².